The van der Waals surface area contributed by atoms with Crippen molar-refractivity contribution in [1.29, 1.82) is 0 Å². The van der Waals surface area contributed by atoms with Gasteiger partial charge in [0.15, 0.2) is 0 Å². The summed E-state index contributed by atoms with van der Waals surface area (Å²) in [5.41, 5.74) is 6.22. The fraction of sp³-hybridized carbons (Fsp3) is 0.409. The summed E-state index contributed by atoms with van der Waals surface area (Å²) in [4.78, 5) is 11.6. The summed E-state index contributed by atoms with van der Waals surface area (Å²) in [7, 11) is 2.07. The average molecular weight is 361 g/mol. The van der Waals surface area contributed by atoms with Gasteiger partial charge in [-0.15, -0.1) is 0 Å². The lowest BCUT2D eigenvalue weighted by molar-refractivity contribution is 0.274. The van der Waals surface area contributed by atoms with Gasteiger partial charge in [0.05, 0.1) is 11.4 Å². The lowest BCUT2D eigenvalue weighted by Gasteiger charge is -2.19. The van der Waals surface area contributed by atoms with Gasteiger partial charge in [0.25, 0.3) is 0 Å². The largest absolute Gasteiger partial charge is 0.297 e. The van der Waals surface area contributed by atoms with Gasteiger partial charge in [-0.1, -0.05) is 44.2 Å². The monoisotopic (exact) mass is 361 g/mol. The average Bonchev–Trinajstić information content (AvgIpc) is 2.85. The van der Waals surface area contributed by atoms with Crippen LogP contribution < -0.4 is 0 Å². The third kappa shape index (κ3) is 3.78. The smallest absolute Gasteiger partial charge is 0.131 e. The molecule has 0 N–H and O–H groups in total. The zero-order chi connectivity index (χ0) is 18.8. The minimum Gasteiger partial charge on any atom is -0.297 e. The summed E-state index contributed by atoms with van der Waals surface area (Å²) in [6, 6.07) is 12.6. The van der Waals surface area contributed by atoms with Crippen LogP contribution in [0.1, 0.15) is 42.5 Å². The van der Waals surface area contributed by atoms with Crippen molar-refractivity contribution < 1.29 is 0 Å². The number of benzene rings is 1. The Bertz CT molecular complexity index is 914. The first-order chi connectivity index (χ1) is 13.1. The van der Waals surface area contributed by atoms with Gasteiger partial charge in [-0.2, -0.15) is 5.10 Å². The normalized spacial score (nSPS) is 15.0. The zero-order valence-electron chi connectivity index (χ0n) is 16.4. The van der Waals surface area contributed by atoms with E-state index in [9.17, 15) is 0 Å². The molecule has 2 aromatic heterocycles. The van der Waals surface area contributed by atoms with Gasteiger partial charge in [0.2, 0.25) is 0 Å². The maximum absolute atomic E-state index is 4.82. The van der Waals surface area contributed by atoms with Crippen LogP contribution in [-0.2, 0) is 26.4 Å². The Labute approximate surface area is 161 Å². The Kier molecular flexibility index (Phi) is 5.03. The molecule has 1 aliphatic heterocycles. The second-order valence-corrected chi connectivity index (χ2v) is 7.60. The molecule has 0 fully saturated rings. The van der Waals surface area contributed by atoms with E-state index in [2.05, 4.69) is 65.8 Å². The quantitative estimate of drug-likeness (QED) is 0.712. The van der Waals surface area contributed by atoms with Crippen molar-refractivity contribution in [3.8, 4) is 11.3 Å². The van der Waals surface area contributed by atoms with E-state index in [1.165, 1.54) is 16.8 Å². The van der Waals surface area contributed by atoms with Gasteiger partial charge in [0.1, 0.15) is 5.82 Å². The van der Waals surface area contributed by atoms with Crippen LogP contribution in [0.2, 0.25) is 0 Å². The predicted molar refractivity (Wildman–Crippen MR) is 107 cm³/mol. The van der Waals surface area contributed by atoms with Crippen molar-refractivity contribution in [2.75, 3.05) is 13.1 Å². The van der Waals surface area contributed by atoms with Crippen LogP contribution in [0, 0.1) is 0 Å². The maximum atomic E-state index is 4.82. The first kappa shape index (κ1) is 17.9. The molecule has 0 saturated heterocycles. The number of nitrogens with zero attached hydrogens (tertiary/aromatic N) is 5. The molecule has 5 heteroatoms. The Balaban J connectivity index is 1.53. The minimum atomic E-state index is 0.359. The van der Waals surface area contributed by atoms with Gasteiger partial charge in [-0.05, 0) is 12.5 Å². The Morgan fingerprint density at radius 3 is 2.59 bits per heavy atom. The van der Waals surface area contributed by atoms with Crippen LogP contribution in [0.5, 0.6) is 0 Å². The van der Waals surface area contributed by atoms with E-state index in [0.29, 0.717) is 5.92 Å². The highest BCUT2D eigenvalue weighted by Crippen LogP contribution is 2.28. The fourth-order valence-corrected chi connectivity index (χ4v) is 3.82. The van der Waals surface area contributed by atoms with Crippen LogP contribution in [0.15, 0.2) is 42.6 Å². The molecule has 140 valence electrons. The topological polar surface area (TPSA) is 46.8 Å². The zero-order valence-corrected chi connectivity index (χ0v) is 16.4. The number of aryl methyl sites for hydroxylation is 1. The minimum absolute atomic E-state index is 0.359. The molecule has 0 saturated carbocycles. The molecule has 3 aromatic rings. The van der Waals surface area contributed by atoms with Gasteiger partial charge in [0, 0.05) is 62.0 Å². The van der Waals surface area contributed by atoms with Crippen LogP contribution in [0.3, 0.4) is 0 Å². The molecule has 0 aliphatic carbocycles. The van der Waals surface area contributed by atoms with E-state index in [1.807, 2.05) is 12.3 Å². The first-order valence-corrected chi connectivity index (χ1v) is 9.76. The van der Waals surface area contributed by atoms with Crippen LogP contribution in [0.25, 0.3) is 11.3 Å². The predicted octanol–water partition coefficient (Wildman–Crippen LogP) is 3.60. The number of rotatable bonds is 4. The standard InChI is InChI=1S/C22H27N5/c1-16(2)22-23-12-9-18(24-22)15-27-13-10-19-20(11-14-27)26(3)25-21(19)17-7-5-4-6-8-17/h4-9,12,16H,10-11,13-15H2,1-3H3. The molecule has 0 radical (unpaired) electrons. The van der Waals surface area contributed by atoms with Gasteiger partial charge >= 0.3 is 0 Å². The van der Waals surface area contributed by atoms with Crippen molar-refractivity contribution in [3.63, 3.8) is 0 Å². The summed E-state index contributed by atoms with van der Waals surface area (Å²) in [5.74, 6) is 1.29. The van der Waals surface area contributed by atoms with Gasteiger partial charge < -0.3 is 0 Å². The van der Waals surface area contributed by atoms with Crippen molar-refractivity contribution in [3.05, 3.63) is 65.4 Å². The van der Waals surface area contributed by atoms with Crippen LogP contribution >= 0.6 is 0 Å². The molecule has 1 aliphatic rings. The Morgan fingerprint density at radius 1 is 1.04 bits per heavy atom. The molecule has 0 unspecified atom stereocenters. The highest BCUT2D eigenvalue weighted by Gasteiger charge is 2.22. The second-order valence-electron chi connectivity index (χ2n) is 7.60. The lowest BCUT2D eigenvalue weighted by Crippen LogP contribution is -2.27. The van der Waals surface area contributed by atoms with E-state index in [-0.39, 0.29) is 0 Å². The van der Waals surface area contributed by atoms with Gasteiger partial charge in [-0.25, -0.2) is 9.97 Å². The number of aromatic nitrogens is 4. The van der Waals surface area contributed by atoms with E-state index < -0.39 is 0 Å². The number of hydrogen-bond donors (Lipinski definition) is 0. The molecule has 0 atom stereocenters. The molecule has 0 spiro atoms. The lowest BCUT2D eigenvalue weighted by atomic mass is 10.0. The fourth-order valence-electron chi connectivity index (χ4n) is 3.82. The van der Waals surface area contributed by atoms with E-state index >= 15 is 0 Å². The van der Waals surface area contributed by atoms with Crippen LogP contribution in [0.4, 0.5) is 0 Å². The van der Waals surface area contributed by atoms with Crippen molar-refractivity contribution >= 4 is 0 Å². The summed E-state index contributed by atoms with van der Waals surface area (Å²) in [6.07, 6.45) is 3.94. The second kappa shape index (κ2) is 7.61. The molecule has 4 rings (SSSR count). The molecular weight excluding hydrogens is 334 g/mol. The highest BCUT2D eigenvalue weighted by molar-refractivity contribution is 5.64. The number of hydrogen-bond acceptors (Lipinski definition) is 4. The summed E-state index contributed by atoms with van der Waals surface area (Å²) >= 11 is 0. The van der Waals surface area contributed by atoms with E-state index in [0.717, 1.165) is 49.7 Å². The molecule has 0 bridgehead atoms. The number of fused-ring (bicyclic) bond motifs is 1. The Hall–Kier alpha value is -2.53. The van der Waals surface area contributed by atoms with Gasteiger partial charge in [-0.3, -0.25) is 9.58 Å². The third-order valence-electron chi connectivity index (χ3n) is 5.30. The molecule has 1 aromatic carbocycles. The maximum Gasteiger partial charge on any atom is 0.131 e. The first-order valence-electron chi connectivity index (χ1n) is 9.76. The summed E-state index contributed by atoms with van der Waals surface area (Å²) < 4.78 is 2.07. The summed E-state index contributed by atoms with van der Waals surface area (Å²) in [5, 5.41) is 4.82. The molecule has 3 heterocycles. The van der Waals surface area contributed by atoms with Crippen molar-refractivity contribution in [1.82, 2.24) is 24.6 Å². The summed E-state index contributed by atoms with van der Waals surface area (Å²) in [6.45, 7) is 7.21. The third-order valence-corrected chi connectivity index (χ3v) is 5.30. The molecule has 27 heavy (non-hydrogen) atoms. The highest BCUT2D eigenvalue weighted by atomic mass is 15.3. The molecular formula is C22H27N5. The van der Waals surface area contributed by atoms with E-state index in [1.54, 1.807) is 0 Å². The molecule has 5 nitrogen and oxygen atoms in total. The van der Waals surface area contributed by atoms with Crippen molar-refractivity contribution in [2.45, 2.75) is 39.2 Å². The van der Waals surface area contributed by atoms with Crippen LogP contribution in [-0.4, -0.2) is 37.7 Å². The van der Waals surface area contributed by atoms with Crippen molar-refractivity contribution in [2.24, 2.45) is 7.05 Å². The Morgan fingerprint density at radius 2 is 1.81 bits per heavy atom. The van der Waals surface area contributed by atoms with E-state index in [4.69, 9.17) is 10.1 Å². The SMILES string of the molecule is CC(C)c1nccc(CN2CCc3c(-c4ccccc4)nn(C)c3CC2)n1. The molecule has 0 amide bonds.